The predicted octanol–water partition coefficient (Wildman–Crippen LogP) is 0.462. The number of aliphatic carboxylic acids is 3. The van der Waals surface area contributed by atoms with Crippen molar-refractivity contribution in [3.8, 4) is 0 Å². The summed E-state index contributed by atoms with van der Waals surface area (Å²) in [4.78, 5) is 32.4. The molecule has 3 atom stereocenters. The van der Waals surface area contributed by atoms with E-state index in [4.69, 9.17) is 15.3 Å². The SMILES string of the molecule is O=C(O)C[C@H](O)[C@@H](C(I)CI)C(C(=O)O)C(=O)O. The average molecular weight is 486 g/mol. The van der Waals surface area contributed by atoms with E-state index in [2.05, 4.69) is 0 Å². The second kappa shape index (κ2) is 8.09. The van der Waals surface area contributed by atoms with E-state index in [9.17, 15) is 19.5 Å². The lowest BCUT2D eigenvalue weighted by atomic mass is 9.84. The van der Waals surface area contributed by atoms with Gasteiger partial charge in [-0.2, -0.15) is 0 Å². The Bertz CT molecular complexity index is 319. The largest absolute Gasteiger partial charge is 0.481 e. The van der Waals surface area contributed by atoms with Gasteiger partial charge in [-0.1, -0.05) is 45.2 Å². The van der Waals surface area contributed by atoms with Gasteiger partial charge in [0.25, 0.3) is 0 Å². The molecule has 0 radical (unpaired) electrons. The van der Waals surface area contributed by atoms with Crippen molar-refractivity contribution < 1.29 is 34.8 Å². The third kappa shape index (κ3) is 5.22. The highest BCUT2D eigenvalue weighted by Crippen LogP contribution is 2.29. The number of alkyl halides is 2. The molecule has 0 saturated heterocycles. The van der Waals surface area contributed by atoms with Crippen LogP contribution in [0.4, 0.5) is 0 Å². The highest BCUT2D eigenvalue weighted by molar-refractivity contribution is 14.1. The van der Waals surface area contributed by atoms with E-state index in [1.54, 1.807) is 0 Å². The Morgan fingerprint density at radius 1 is 1.06 bits per heavy atom. The van der Waals surface area contributed by atoms with Gasteiger partial charge >= 0.3 is 17.9 Å². The molecule has 0 fully saturated rings. The number of carboxylic acids is 3. The Hall–Kier alpha value is -0.170. The Labute approximate surface area is 130 Å². The van der Waals surface area contributed by atoms with Gasteiger partial charge in [0, 0.05) is 14.3 Å². The summed E-state index contributed by atoms with van der Waals surface area (Å²) >= 11 is 3.75. The fraction of sp³-hybridized carbons (Fsp3) is 0.667. The molecule has 4 N–H and O–H groups in total. The van der Waals surface area contributed by atoms with Crippen LogP contribution < -0.4 is 0 Å². The van der Waals surface area contributed by atoms with Crippen molar-refractivity contribution in [2.45, 2.75) is 16.4 Å². The Morgan fingerprint density at radius 3 is 1.78 bits per heavy atom. The zero-order valence-electron chi connectivity index (χ0n) is 8.99. The zero-order chi connectivity index (χ0) is 14.5. The van der Waals surface area contributed by atoms with Crippen molar-refractivity contribution in [2.75, 3.05) is 4.43 Å². The van der Waals surface area contributed by atoms with Crippen LogP contribution in [-0.2, 0) is 14.4 Å². The van der Waals surface area contributed by atoms with Crippen LogP contribution >= 0.6 is 45.2 Å². The standard InChI is InChI=1S/C9H12I2O7/c10-2-3(11)6(4(12)1-5(13)14)7(8(15)16)9(17)18/h3-4,6-7,12H,1-2H2,(H,13,14)(H,15,16)(H,17,18)/t3?,4-,6+/m0/s1. The molecule has 7 nitrogen and oxygen atoms in total. The molecular weight excluding hydrogens is 474 g/mol. The van der Waals surface area contributed by atoms with Crippen LogP contribution in [0.15, 0.2) is 0 Å². The van der Waals surface area contributed by atoms with Gasteiger partial charge in [-0.3, -0.25) is 14.4 Å². The normalized spacial score (nSPS) is 16.0. The third-order valence-corrected chi connectivity index (χ3v) is 6.22. The van der Waals surface area contributed by atoms with Crippen LogP contribution in [0, 0.1) is 11.8 Å². The van der Waals surface area contributed by atoms with Crippen LogP contribution in [0.2, 0.25) is 0 Å². The van der Waals surface area contributed by atoms with Crippen LogP contribution in [0.5, 0.6) is 0 Å². The first-order valence-corrected chi connectivity index (χ1v) is 7.55. The number of carboxylic acid groups (broad SMARTS) is 3. The molecule has 0 aliphatic heterocycles. The van der Waals surface area contributed by atoms with Crippen molar-refractivity contribution in [2.24, 2.45) is 11.8 Å². The molecule has 9 heteroatoms. The van der Waals surface area contributed by atoms with Gasteiger partial charge in [-0.05, 0) is 0 Å². The molecule has 0 bridgehead atoms. The Balaban J connectivity index is 5.24. The molecule has 0 aliphatic rings. The number of aliphatic hydroxyl groups excluding tert-OH is 1. The topological polar surface area (TPSA) is 132 Å². The molecule has 0 aromatic rings. The number of rotatable bonds is 8. The molecule has 104 valence electrons. The summed E-state index contributed by atoms with van der Waals surface area (Å²) < 4.78 is -0.0637. The smallest absolute Gasteiger partial charge is 0.318 e. The van der Waals surface area contributed by atoms with Gasteiger partial charge < -0.3 is 20.4 Å². The minimum atomic E-state index is -1.82. The monoisotopic (exact) mass is 486 g/mol. The van der Waals surface area contributed by atoms with E-state index in [0.717, 1.165) is 0 Å². The Morgan fingerprint density at radius 2 is 1.50 bits per heavy atom. The average Bonchev–Trinajstić information content (AvgIpc) is 2.22. The molecule has 0 saturated carbocycles. The maximum atomic E-state index is 10.9. The van der Waals surface area contributed by atoms with Gasteiger partial charge in [0.2, 0.25) is 0 Å². The minimum absolute atomic E-state index is 0.400. The van der Waals surface area contributed by atoms with E-state index >= 15 is 0 Å². The van der Waals surface area contributed by atoms with Crippen molar-refractivity contribution in [1.82, 2.24) is 0 Å². The van der Waals surface area contributed by atoms with Gasteiger partial charge in [-0.15, -0.1) is 0 Å². The molecule has 0 aliphatic carbocycles. The predicted molar refractivity (Wildman–Crippen MR) is 77.2 cm³/mol. The highest BCUT2D eigenvalue weighted by Gasteiger charge is 2.43. The van der Waals surface area contributed by atoms with E-state index in [1.807, 2.05) is 45.2 Å². The second-order valence-corrected chi connectivity index (χ2v) is 6.05. The summed E-state index contributed by atoms with van der Waals surface area (Å²) in [5, 5.41) is 36.1. The zero-order valence-corrected chi connectivity index (χ0v) is 13.3. The first kappa shape index (κ1) is 17.8. The fourth-order valence-electron chi connectivity index (χ4n) is 1.52. The van der Waals surface area contributed by atoms with Crippen LogP contribution in [-0.4, -0.2) is 52.8 Å². The molecule has 0 aromatic carbocycles. The summed E-state index contributed by atoms with van der Waals surface area (Å²) in [6, 6.07) is 0. The van der Waals surface area contributed by atoms with Gasteiger partial charge in [0.15, 0.2) is 5.92 Å². The highest BCUT2D eigenvalue weighted by atomic mass is 127. The molecule has 0 spiro atoms. The molecule has 18 heavy (non-hydrogen) atoms. The molecule has 0 rings (SSSR count). The summed E-state index contributed by atoms with van der Waals surface area (Å²) in [6.07, 6.45) is -2.20. The molecule has 0 heterocycles. The minimum Gasteiger partial charge on any atom is -0.481 e. The summed E-state index contributed by atoms with van der Waals surface area (Å²) in [6.45, 7) is 0. The lowest BCUT2D eigenvalue weighted by molar-refractivity contribution is -0.161. The van der Waals surface area contributed by atoms with Crippen molar-refractivity contribution in [3.63, 3.8) is 0 Å². The van der Waals surface area contributed by atoms with Gasteiger partial charge in [-0.25, -0.2) is 0 Å². The van der Waals surface area contributed by atoms with Gasteiger partial charge in [0.1, 0.15) is 0 Å². The van der Waals surface area contributed by atoms with Crippen LogP contribution in [0.25, 0.3) is 0 Å². The number of hydrogen-bond acceptors (Lipinski definition) is 4. The number of aliphatic hydroxyl groups is 1. The molecular formula is C9H12I2O7. The number of halogens is 2. The maximum absolute atomic E-state index is 10.9. The second-order valence-electron chi connectivity index (χ2n) is 3.57. The van der Waals surface area contributed by atoms with Gasteiger partial charge in [0.05, 0.1) is 12.5 Å². The van der Waals surface area contributed by atoms with Crippen molar-refractivity contribution >= 4 is 63.1 Å². The Kier molecular flexibility index (Phi) is 8.02. The first-order valence-electron chi connectivity index (χ1n) is 4.77. The fourth-order valence-corrected chi connectivity index (χ4v) is 3.01. The summed E-state index contributed by atoms with van der Waals surface area (Å²) in [7, 11) is 0. The lowest BCUT2D eigenvalue weighted by Gasteiger charge is -2.28. The first-order chi connectivity index (χ1) is 8.22. The molecule has 0 amide bonds. The van der Waals surface area contributed by atoms with E-state index in [0.29, 0.717) is 4.43 Å². The quantitative estimate of drug-likeness (QED) is 0.223. The summed E-state index contributed by atoms with van der Waals surface area (Å²) in [5.74, 6) is -7.45. The lowest BCUT2D eigenvalue weighted by Crippen LogP contribution is -2.44. The van der Waals surface area contributed by atoms with Crippen molar-refractivity contribution in [1.29, 1.82) is 0 Å². The molecule has 1 unspecified atom stereocenters. The number of carbonyl (C=O) groups is 3. The maximum Gasteiger partial charge on any atom is 0.318 e. The molecule has 0 aromatic heterocycles. The van der Waals surface area contributed by atoms with Crippen molar-refractivity contribution in [3.05, 3.63) is 0 Å². The van der Waals surface area contributed by atoms with E-state index in [1.165, 1.54) is 0 Å². The van der Waals surface area contributed by atoms with Crippen LogP contribution in [0.3, 0.4) is 0 Å². The third-order valence-electron chi connectivity index (χ3n) is 2.31. The van der Waals surface area contributed by atoms with Crippen LogP contribution in [0.1, 0.15) is 6.42 Å². The van der Waals surface area contributed by atoms with E-state index < -0.39 is 46.2 Å². The number of hydrogen-bond donors (Lipinski definition) is 4. The van der Waals surface area contributed by atoms with E-state index in [-0.39, 0.29) is 0 Å². The summed E-state index contributed by atoms with van der Waals surface area (Å²) in [5.41, 5.74) is 0.